The van der Waals surface area contributed by atoms with Crippen LogP contribution < -0.4 is 0 Å². The van der Waals surface area contributed by atoms with Crippen LogP contribution in [0.1, 0.15) is 40.0 Å². The molecule has 1 heteroatoms. The highest BCUT2D eigenvalue weighted by Gasteiger charge is 2.06. The zero-order valence-electron chi connectivity index (χ0n) is 13.0. The lowest BCUT2D eigenvalue weighted by atomic mass is 9.96. The Morgan fingerprint density at radius 1 is 1.37 bits per heavy atom. The second kappa shape index (κ2) is 11.8. The van der Waals surface area contributed by atoms with Crippen LogP contribution in [-0.2, 0) is 0 Å². The van der Waals surface area contributed by atoms with E-state index in [-0.39, 0.29) is 0 Å². The molecule has 1 atom stereocenters. The molecule has 0 aliphatic carbocycles. The van der Waals surface area contributed by atoms with Crippen LogP contribution >= 0.6 is 0 Å². The van der Waals surface area contributed by atoms with Gasteiger partial charge in [0.25, 0.3) is 0 Å². The van der Waals surface area contributed by atoms with Gasteiger partial charge in [-0.05, 0) is 51.4 Å². The van der Waals surface area contributed by atoms with Crippen molar-refractivity contribution in [3.05, 3.63) is 36.0 Å². The third-order valence-electron chi connectivity index (χ3n) is 3.14. The molecule has 0 amide bonds. The SMILES string of the molecule is C#CC/C=C/C=C(\C=C/C)C(C)CCN(C)CCC. The summed E-state index contributed by atoms with van der Waals surface area (Å²) in [6.07, 6.45) is 18.9. The molecule has 19 heavy (non-hydrogen) atoms. The van der Waals surface area contributed by atoms with E-state index in [2.05, 4.69) is 62.9 Å². The van der Waals surface area contributed by atoms with Crippen molar-refractivity contribution in [2.75, 3.05) is 20.1 Å². The molecule has 0 fully saturated rings. The van der Waals surface area contributed by atoms with Crippen LogP contribution in [0.3, 0.4) is 0 Å². The highest BCUT2D eigenvalue weighted by molar-refractivity contribution is 5.26. The van der Waals surface area contributed by atoms with Gasteiger partial charge in [0.1, 0.15) is 0 Å². The van der Waals surface area contributed by atoms with E-state index in [1.807, 2.05) is 6.08 Å². The quantitative estimate of drug-likeness (QED) is 0.437. The van der Waals surface area contributed by atoms with Crippen molar-refractivity contribution < 1.29 is 0 Å². The van der Waals surface area contributed by atoms with Crippen LogP contribution in [0, 0.1) is 18.3 Å². The smallest absolute Gasteiger partial charge is 0.0270 e. The fraction of sp³-hybridized carbons (Fsp3) is 0.556. The number of allylic oxidation sites excluding steroid dienone is 6. The molecule has 0 N–H and O–H groups in total. The molecule has 0 aliphatic heterocycles. The van der Waals surface area contributed by atoms with Gasteiger partial charge in [-0.2, -0.15) is 0 Å². The lowest BCUT2D eigenvalue weighted by molar-refractivity contribution is 0.315. The van der Waals surface area contributed by atoms with E-state index < -0.39 is 0 Å². The van der Waals surface area contributed by atoms with Crippen molar-refractivity contribution >= 4 is 0 Å². The molecular weight excluding hydrogens is 230 g/mol. The number of hydrogen-bond acceptors (Lipinski definition) is 1. The Labute approximate surface area is 120 Å². The summed E-state index contributed by atoms with van der Waals surface area (Å²) in [4.78, 5) is 2.40. The van der Waals surface area contributed by atoms with Gasteiger partial charge in [-0.3, -0.25) is 0 Å². The van der Waals surface area contributed by atoms with Gasteiger partial charge < -0.3 is 4.90 Å². The Hall–Kier alpha value is -1.26. The third-order valence-corrected chi connectivity index (χ3v) is 3.14. The van der Waals surface area contributed by atoms with E-state index in [0.29, 0.717) is 12.3 Å². The van der Waals surface area contributed by atoms with E-state index >= 15 is 0 Å². The van der Waals surface area contributed by atoms with Gasteiger partial charge in [-0.15, -0.1) is 12.3 Å². The zero-order chi connectivity index (χ0) is 14.5. The summed E-state index contributed by atoms with van der Waals surface area (Å²) in [5, 5.41) is 0. The molecule has 0 heterocycles. The van der Waals surface area contributed by atoms with Crippen molar-refractivity contribution in [2.24, 2.45) is 5.92 Å². The normalized spacial score (nSPS) is 14.4. The van der Waals surface area contributed by atoms with E-state index in [0.717, 1.165) is 6.54 Å². The van der Waals surface area contributed by atoms with Crippen LogP contribution in [0.4, 0.5) is 0 Å². The average Bonchev–Trinajstić information content (AvgIpc) is 2.40. The van der Waals surface area contributed by atoms with E-state index in [4.69, 9.17) is 6.42 Å². The van der Waals surface area contributed by atoms with Crippen molar-refractivity contribution in [3.8, 4) is 12.3 Å². The molecule has 0 aromatic rings. The molecule has 0 radical (unpaired) electrons. The highest BCUT2D eigenvalue weighted by atomic mass is 15.1. The van der Waals surface area contributed by atoms with Crippen LogP contribution in [0.15, 0.2) is 36.0 Å². The number of terminal acetylenes is 1. The maximum absolute atomic E-state index is 5.23. The van der Waals surface area contributed by atoms with Gasteiger partial charge in [0.2, 0.25) is 0 Å². The van der Waals surface area contributed by atoms with Gasteiger partial charge in [0.05, 0.1) is 0 Å². The van der Waals surface area contributed by atoms with Crippen molar-refractivity contribution in [2.45, 2.75) is 40.0 Å². The summed E-state index contributed by atoms with van der Waals surface area (Å²) in [6.45, 7) is 8.91. The second-order valence-electron chi connectivity index (χ2n) is 5.00. The first kappa shape index (κ1) is 17.7. The Morgan fingerprint density at radius 2 is 2.11 bits per heavy atom. The molecule has 0 aliphatic rings. The summed E-state index contributed by atoms with van der Waals surface area (Å²) in [7, 11) is 2.20. The number of hydrogen-bond donors (Lipinski definition) is 0. The molecule has 0 aromatic carbocycles. The topological polar surface area (TPSA) is 3.24 Å². The zero-order valence-corrected chi connectivity index (χ0v) is 13.0. The van der Waals surface area contributed by atoms with Gasteiger partial charge >= 0.3 is 0 Å². The number of nitrogens with zero attached hydrogens (tertiary/aromatic N) is 1. The molecule has 106 valence electrons. The van der Waals surface area contributed by atoms with Crippen molar-refractivity contribution in [1.29, 1.82) is 0 Å². The van der Waals surface area contributed by atoms with Crippen LogP contribution in [0.2, 0.25) is 0 Å². The first-order valence-electron chi connectivity index (χ1n) is 7.27. The van der Waals surface area contributed by atoms with Gasteiger partial charge in [-0.1, -0.05) is 44.2 Å². The molecule has 0 saturated heterocycles. The Balaban J connectivity index is 4.41. The molecular formula is C18H29N. The Kier molecular flexibility index (Phi) is 11.0. The Morgan fingerprint density at radius 3 is 2.68 bits per heavy atom. The second-order valence-corrected chi connectivity index (χ2v) is 5.00. The predicted molar refractivity (Wildman–Crippen MR) is 87.1 cm³/mol. The van der Waals surface area contributed by atoms with Crippen LogP contribution in [0.25, 0.3) is 0 Å². The monoisotopic (exact) mass is 259 g/mol. The standard InChI is InChI=1S/C18H29N/c1-6-9-10-11-13-18(12-7-2)17(4)14-16-19(5)15-8-3/h1,7,10-13,17H,8-9,14-16H2,2-5H3/b11-10+,12-7-,18-13+. The lowest BCUT2D eigenvalue weighted by Crippen LogP contribution is -2.22. The molecule has 0 spiro atoms. The van der Waals surface area contributed by atoms with Gasteiger partial charge in [0.15, 0.2) is 0 Å². The van der Waals surface area contributed by atoms with E-state index in [1.165, 1.54) is 25.0 Å². The summed E-state index contributed by atoms with van der Waals surface area (Å²) in [5.41, 5.74) is 1.38. The maximum atomic E-state index is 5.23. The molecule has 0 bridgehead atoms. The first-order valence-corrected chi connectivity index (χ1v) is 7.27. The fourth-order valence-corrected chi connectivity index (χ4v) is 1.97. The Bertz CT molecular complexity index is 341. The first-order chi connectivity index (χ1) is 9.15. The van der Waals surface area contributed by atoms with Crippen LogP contribution in [-0.4, -0.2) is 25.0 Å². The van der Waals surface area contributed by atoms with E-state index in [1.54, 1.807) is 0 Å². The molecule has 1 unspecified atom stereocenters. The van der Waals surface area contributed by atoms with Crippen LogP contribution in [0.5, 0.6) is 0 Å². The average molecular weight is 259 g/mol. The van der Waals surface area contributed by atoms with Crippen molar-refractivity contribution in [1.82, 2.24) is 4.90 Å². The summed E-state index contributed by atoms with van der Waals surface area (Å²) in [5.74, 6) is 3.19. The largest absolute Gasteiger partial charge is 0.306 e. The van der Waals surface area contributed by atoms with Gasteiger partial charge in [0, 0.05) is 6.42 Å². The van der Waals surface area contributed by atoms with Crippen molar-refractivity contribution in [3.63, 3.8) is 0 Å². The number of rotatable bonds is 9. The molecule has 0 aromatic heterocycles. The summed E-state index contributed by atoms with van der Waals surface area (Å²) < 4.78 is 0. The predicted octanol–water partition coefficient (Wildman–Crippen LogP) is 4.44. The highest BCUT2D eigenvalue weighted by Crippen LogP contribution is 2.17. The van der Waals surface area contributed by atoms with Gasteiger partial charge in [-0.25, -0.2) is 0 Å². The van der Waals surface area contributed by atoms with E-state index in [9.17, 15) is 0 Å². The minimum atomic E-state index is 0.575. The minimum absolute atomic E-state index is 0.575. The molecule has 1 nitrogen and oxygen atoms in total. The minimum Gasteiger partial charge on any atom is -0.306 e. The maximum Gasteiger partial charge on any atom is 0.0270 e. The third kappa shape index (κ3) is 9.33. The summed E-state index contributed by atoms with van der Waals surface area (Å²) >= 11 is 0. The molecule has 0 rings (SSSR count). The molecule has 0 saturated carbocycles. The summed E-state index contributed by atoms with van der Waals surface area (Å²) in [6, 6.07) is 0. The fourth-order valence-electron chi connectivity index (χ4n) is 1.97. The lowest BCUT2D eigenvalue weighted by Gasteiger charge is -2.19.